The van der Waals surface area contributed by atoms with Crippen molar-refractivity contribution >= 4 is 28.5 Å². The molecule has 0 saturated heterocycles. The summed E-state index contributed by atoms with van der Waals surface area (Å²) in [5, 5.41) is 23.2. The summed E-state index contributed by atoms with van der Waals surface area (Å²) in [5.74, 6) is -0.716. The number of aromatic nitrogens is 2. The minimum atomic E-state index is -1.42. The molecule has 0 spiro atoms. The number of halogens is 1. The third-order valence-electron chi connectivity index (χ3n) is 4.55. The van der Waals surface area contributed by atoms with E-state index in [4.69, 9.17) is 35.7 Å². The Morgan fingerprint density at radius 3 is 2.70 bits per heavy atom. The number of carbonyl (C=O) groups excluding carboxylic acids is 1. The number of hydrogen-bond acceptors (Lipinski definition) is 10. The minimum absolute atomic E-state index is 0.285. The van der Waals surface area contributed by atoms with Crippen molar-refractivity contribution in [2.45, 2.75) is 31.4 Å². The van der Waals surface area contributed by atoms with Gasteiger partial charge in [-0.05, 0) is 19.9 Å². The molecule has 0 fully saturated rings. The van der Waals surface area contributed by atoms with Crippen molar-refractivity contribution in [3.8, 4) is 5.75 Å². The van der Waals surface area contributed by atoms with E-state index in [1.165, 1.54) is 12.5 Å². The topological polar surface area (TPSA) is 154 Å². The van der Waals surface area contributed by atoms with Crippen LogP contribution >= 0.6 is 11.6 Å². The summed E-state index contributed by atoms with van der Waals surface area (Å²) in [5.41, 5.74) is 4.97. The van der Waals surface area contributed by atoms with Gasteiger partial charge >= 0.3 is 5.97 Å². The van der Waals surface area contributed by atoms with E-state index in [-0.39, 0.29) is 11.6 Å². The van der Waals surface area contributed by atoms with Gasteiger partial charge in [0.25, 0.3) is 0 Å². The van der Waals surface area contributed by atoms with Crippen LogP contribution in [0, 0.1) is 0 Å². The number of nitrogens with two attached hydrogens (primary N) is 1. The Hall–Kier alpha value is -2.66. The number of esters is 1. The SMILES string of the molecule is CC(Oc1cc2onc(C(C)C(=O)OCC(N)(CO)CO)c2cc1Cl)c1ncco1. The molecule has 3 rings (SSSR count). The van der Waals surface area contributed by atoms with Crippen LogP contribution in [0.15, 0.2) is 33.5 Å². The van der Waals surface area contributed by atoms with Gasteiger partial charge in [0, 0.05) is 11.5 Å². The van der Waals surface area contributed by atoms with Crippen LogP contribution in [0.4, 0.5) is 0 Å². The lowest BCUT2D eigenvalue weighted by atomic mass is 10.0. The summed E-state index contributed by atoms with van der Waals surface area (Å²) in [7, 11) is 0. The summed E-state index contributed by atoms with van der Waals surface area (Å²) < 4.78 is 21.5. The summed E-state index contributed by atoms with van der Waals surface area (Å²) >= 11 is 6.35. The van der Waals surface area contributed by atoms with Gasteiger partial charge in [-0.2, -0.15) is 0 Å². The third-order valence-corrected chi connectivity index (χ3v) is 4.85. The molecule has 0 amide bonds. The van der Waals surface area contributed by atoms with Gasteiger partial charge in [0.2, 0.25) is 5.89 Å². The fourth-order valence-corrected chi connectivity index (χ4v) is 2.84. The summed E-state index contributed by atoms with van der Waals surface area (Å²) in [6, 6.07) is 3.15. The van der Waals surface area contributed by atoms with Gasteiger partial charge in [0.05, 0.1) is 30.0 Å². The Bertz CT molecular complexity index is 1000. The first-order chi connectivity index (χ1) is 14.3. The molecule has 0 bridgehead atoms. The zero-order valence-electron chi connectivity index (χ0n) is 16.4. The molecule has 10 nitrogen and oxygen atoms in total. The van der Waals surface area contributed by atoms with Gasteiger partial charge < -0.3 is 34.4 Å². The maximum Gasteiger partial charge on any atom is 0.314 e. The second-order valence-electron chi connectivity index (χ2n) is 6.99. The van der Waals surface area contributed by atoms with Crippen LogP contribution in [0.1, 0.15) is 37.5 Å². The van der Waals surface area contributed by atoms with E-state index in [1.807, 2.05) is 0 Å². The van der Waals surface area contributed by atoms with Crippen LogP contribution in [-0.4, -0.2) is 51.7 Å². The molecule has 0 radical (unpaired) electrons. The van der Waals surface area contributed by atoms with Crippen LogP contribution in [0.3, 0.4) is 0 Å². The normalized spacial score (nSPS) is 13.9. The molecule has 2 aromatic heterocycles. The van der Waals surface area contributed by atoms with Crippen LogP contribution in [-0.2, 0) is 9.53 Å². The number of aliphatic hydroxyl groups excluding tert-OH is 2. The number of nitrogens with zero attached hydrogens (tertiary/aromatic N) is 2. The van der Waals surface area contributed by atoms with Crippen molar-refractivity contribution in [3.63, 3.8) is 0 Å². The number of carbonyl (C=O) groups is 1. The average Bonchev–Trinajstić information content (AvgIpc) is 3.41. The predicted octanol–water partition coefficient (Wildman–Crippen LogP) is 1.94. The highest BCUT2D eigenvalue weighted by molar-refractivity contribution is 6.32. The predicted molar refractivity (Wildman–Crippen MR) is 105 cm³/mol. The van der Waals surface area contributed by atoms with Crippen molar-refractivity contribution < 1.29 is 33.4 Å². The Labute approximate surface area is 176 Å². The molecule has 11 heteroatoms. The standard InChI is InChI=1S/C19H22ClN3O7/c1-10(18(26)28-9-19(21,7-24)8-25)16-12-5-13(20)15(6-14(12)30-23-16)29-11(2)17-22-3-4-27-17/h3-6,10-11,24-25H,7-9,21H2,1-2H3. The number of hydrogen-bond donors (Lipinski definition) is 3. The number of fused-ring (bicyclic) bond motifs is 1. The molecule has 0 aliphatic heterocycles. The molecular formula is C19H22ClN3O7. The Morgan fingerprint density at radius 1 is 1.33 bits per heavy atom. The molecule has 2 heterocycles. The van der Waals surface area contributed by atoms with Crippen LogP contribution in [0.25, 0.3) is 11.0 Å². The Morgan fingerprint density at radius 2 is 2.07 bits per heavy atom. The molecule has 0 aliphatic carbocycles. The number of rotatable bonds is 9. The van der Waals surface area contributed by atoms with Crippen molar-refractivity contribution in [2.75, 3.05) is 19.8 Å². The van der Waals surface area contributed by atoms with Gasteiger partial charge in [0.15, 0.2) is 11.7 Å². The lowest BCUT2D eigenvalue weighted by Gasteiger charge is -2.24. The first-order valence-corrected chi connectivity index (χ1v) is 9.48. The molecule has 0 saturated carbocycles. The zero-order chi connectivity index (χ0) is 21.9. The summed E-state index contributed by atoms with van der Waals surface area (Å²) in [6.07, 6.45) is 2.47. The van der Waals surface area contributed by atoms with E-state index in [9.17, 15) is 15.0 Å². The lowest BCUT2D eigenvalue weighted by molar-refractivity contribution is -0.148. The van der Waals surface area contributed by atoms with Crippen LogP contribution < -0.4 is 10.5 Å². The molecule has 3 aromatic rings. The molecule has 30 heavy (non-hydrogen) atoms. The Kier molecular flexibility index (Phi) is 6.61. The van der Waals surface area contributed by atoms with E-state index in [2.05, 4.69) is 10.1 Å². The first kappa shape index (κ1) is 22.0. The number of aliphatic hydroxyl groups is 2. The number of oxazole rings is 1. The summed E-state index contributed by atoms with van der Waals surface area (Å²) in [4.78, 5) is 16.4. The molecule has 162 valence electrons. The molecule has 1 aromatic carbocycles. The maximum absolute atomic E-state index is 12.4. The molecule has 4 N–H and O–H groups in total. The van der Waals surface area contributed by atoms with Gasteiger partial charge in [-0.25, -0.2) is 4.98 Å². The largest absolute Gasteiger partial charge is 0.479 e. The van der Waals surface area contributed by atoms with Gasteiger partial charge in [0.1, 0.15) is 30.2 Å². The minimum Gasteiger partial charge on any atom is -0.479 e. The monoisotopic (exact) mass is 439 g/mol. The third kappa shape index (κ3) is 4.57. The molecular weight excluding hydrogens is 418 g/mol. The lowest BCUT2D eigenvalue weighted by Crippen LogP contribution is -2.52. The van der Waals surface area contributed by atoms with E-state index in [1.54, 1.807) is 26.0 Å². The van der Waals surface area contributed by atoms with Crippen molar-refractivity contribution in [1.82, 2.24) is 10.1 Å². The average molecular weight is 440 g/mol. The van der Waals surface area contributed by atoms with Crippen LogP contribution in [0.2, 0.25) is 5.02 Å². The highest BCUT2D eigenvalue weighted by Gasteiger charge is 2.29. The van der Waals surface area contributed by atoms with E-state index in [0.29, 0.717) is 28.3 Å². The molecule has 0 aliphatic rings. The van der Waals surface area contributed by atoms with Gasteiger partial charge in [-0.15, -0.1) is 0 Å². The van der Waals surface area contributed by atoms with E-state index < -0.39 is 36.7 Å². The van der Waals surface area contributed by atoms with E-state index in [0.717, 1.165) is 0 Å². The smallest absolute Gasteiger partial charge is 0.314 e. The van der Waals surface area contributed by atoms with Crippen molar-refractivity contribution in [3.05, 3.63) is 41.2 Å². The highest BCUT2D eigenvalue weighted by atomic mass is 35.5. The number of ether oxygens (including phenoxy) is 2. The zero-order valence-corrected chi connectivity index (χ0v) is 17.1. The fraction of sp³-hybridized carbons (Fsp3) is 0.421. The highest BCUT2D eigenvalue weighted by Crippen LogP contribution is 2.36. The molecule has 2 unspecified atom stereocenters. The second-order valence-corrected chi connectivity index (χ2v) is 7.39. The van der Waals surface area contributed by atoms with Crippen molar-refractivity contribution in [2.24, 2.45) is 5.73 Å². The van der Waals surface area contributed by atoms with Crippen LogP contribution in [0.5, 0.6) is 5.75 Å². The van der Waals surface area contributed by atoms with Crippen molar-refractivity contribution in [1.29, 1.82) is 0 Å². The fourth-order valence-electron chi connectivity index (χ4n) is 2.63. The van der Waals surface area contributed by atoms with Gasteiger partial charge in [-0.3, -0.25) is 4.79 Å². The first-order valence-electron chi connectivity index (χ1n) is 9.10. The number of benzene rings is 1. The van der Waals surface area contributed by atoms with E-state index >= 15 is 0 Å². The maximum atomic E-state index is 12.4. The second kappa shape index (κ2) is 9.00. The molecule has 2 atom stereocenters. The quantitative estimate of drug-likeness (QED) is 0.421. The van der Waals surface area contributed by atoms with Gasteiger partial charge in [-0.1, -0.05) is 16.8 Å². The summed E-state index contributed by atoms with van der Waals surface area (Å²) in [6.45, 7) is 1.91. The Balaban J connectivity index is 1.77.